The van der Waals surface area contributed by atoms with E-state index in [0.717, 1.165) is 5.56 Å². The second kappa shape index (κ2) is 10.4. The molecule has 0 saturated heterocycles. The predicted octanol–water partition coefficient (Wildman–Crippen LogP) is 5.64. The van der Waals surface area contributed by atoms with Crippen molar-refractivity contribution in [1.82, 2.24) is 0 Å². The van der Waals surface area contributed by atoms with E-state index in [1.807, 2.05) is 12.1 Å². The Kier molecular flexibility index (Phi) is 7.44. The van der Waals surface area contributed by atoms with Crippen LogP contribution >= 0.6 is 0 Å². The molecule has 0 saturated carbocycles. The summed E-state index contributed by atoms with van der Waals surface area (Å²) in [5, 5.41) is 5.72. The van der Waals surface area contributed by atoms with Crippen molar-refractivity contribution in [3.05, 3.63) is 89.5 Å². The summed E-state index contributed by atoms with van der Waals surface area (Å²) in [4.78, 5) is 24.8. The van der Waals surface area contributed by atoms with Gasteiger partial charge < -0.3 is 15.4 Å². The van der Waals surface area contributed by atoms with Gasteiger partial charge in [-0.2, -0.15) is 0 Å². The second-order valence-corrected chi connectivity index (χ2v) is 7.68. The van der Waals surface area contributed by atoms with Crippen LogP contribution in [0.15, 0.2) is 72.8 Å². The molecule has 3 aromatic rings. The quantitative estimate of drug-likeness (QED) is 0.499. The molecule has 2 N–H and O–H groups in total. The van der Waals surface area contributed by atoms with E-state index in [1.165, 1.54) is 5.56 Å². The summed E-state index contributed by atoms with van der Waals surface area (Å²) >= 11 is 0. The molecule has 31 heavy (non-hydrogen) atoms. The van der Waals surface area contributed by atoms with Crippen LogP contribution in [0.5, 0.6) is 5.75 Å². The van der Waals surface area contributed by atoms with Gasteiger partial charge in [-0.15, -0.1) is 0 Å². The van der Waals surface area contributed by atoms with Crippen molar-refractivity contribution in [3.63, 3.8) is 0 Å². The topological polar surface area (TPSA) is 67.4 Å². The van der Waals surface area contributed by atoms with Crippen LogP contribution < -0.4 is 15.4 Å². The van der Waals surface area contributed by atoms with Crippen LogP contribution in [-0.4, -0.2) is 18.9 Å². The Morgan fingerprint density at radius 3 is 2.19 bits per heavy atom. The molecule has 0 atom stereocenters. The first-order valence-corrected chi connectivity index (χ1v) is 10.4. The van der Waals surface area contributed by atoms with Gasteiger partial charge in [0.05, 0.1) is 12.8 Å². The van der Waals surface area contributed by atoms with Gasteiger partial charge in [-0.1, -0.05) is 50.2 Å². The number of ether oxygens (including phenoxy) is 1. The SMILES string of the molecule is COc1ccccc1NC(=O)c1ccc(NC(=O)CCc2ccc(C(C)C)cc2)cc1. The van der Waals surface area contributed by atoms with E-state index in [9.17, 15) is 9.59 Å². The zero-order chi connectivity index (χ0) is 22.2. The monoisotopic (exact) mass is 416 g/mol. The van der Waals surface area contributed by atoms with Gasteiger partial charge in [-0.05, 0) is 59.9 Å². The molecule has 0 aliphatic carbocycles. The van der Waals surface area contributed by atoms with Crippen LogP contribution in [0.2, 0.25) is 0 Å². The number of carbonyl (C=O) groups is 2. The molecule has 0 fully saturated rings. The molecule has 0 aromatic heterocycles. The van der Waals surface area contributed by atoms with Gasteiger partial charge in [0.2, 0.25) is 5.91 Å². The number of aryl methyl sites for hydroxylation is 1. The largest absolute Gasteiger partial charge is 0.495 e. The van der Waals surface area contributed by atoms with Gasteiger partial charge in [0.1, 0.15) is 5.75 Å². The molecule has 0 aliphatic rings. The highest BCUT2D eigenvalue weighted by molar-refractivity contribution is 6.05. The van der Waals surface area contributed by atoms with Gasteiger partial charge in [-0.25, -0.2) is 0 Å². The van der Waals surface area contributed by atoms with Crippen LogP contribution in [0.3, 0.4) is 0 Å². The molecule has 2 amide bonds. The number of anilines is 2. The maximum absolute atomic E-state index is 12.5. The molecule has 0 bridgehead atoms. The maximum Gasteiger partial charge on any atom is 0.255 e. The van der Waals surface area contributed by atoms with E-state index in [2.05, 4.69) is 48.7 Å². The minimum atomic E-state index is -0.243. The molecular formula is C26H28N2O3. The summed E-state index contributed by atoms with van der Waals surface area (Å²) in [7, 11) is 1.56. The molecule has 0 radical (unpaired) electrons. The highest BCUT2D eigenvalue weighted by Crippen LogP contribution is 2.24. The van der Waals surface area contributed by atoms with Gasteiger partial charge >= 0.3 is 0 Å². The maximum atomic E-state index is 12.5. The Morgan fingerprint density at radius 1 is 0.871 bits per heavy atom. The molecule has 0 unspecified atom stereocenters. The van der Waals surface area contributed by atoms with E-state index >= 15 is 0 Å². The van der Waals surface area contributed by atoms with Crippen molar-refractivity contribution in [2.24, 2.45) is 0 Å². The molecule has 5 nitrogen and oxygen atoms in total. The van der Waals surface area contributed by atoms with E-state index < -0.39 is 0 Å². The Balaban J connectivity index is 1.52. The fourth-order valence-corrected chi connectivity index (χ4v) is 3.20. The van der Waals surface area contributed by atoms with Crippen LogP contribution in [0, 0.1) is 0 Å². The first-order chi connectivity index (χ1) is 15.0. The average Bonchev–Trinajstić information content (AvgIpc) is 2.78. The molecule has 0 aliphatic heterocycles. The van der Waals surface area contributed by atoms with E-state index in [4.69, 9.17) is 4.74 Å². The number of methoxy groups -OCH3 is 1. The number of amides is 2. The van der Waals surface area contributed by atoms with Crippen molar-refractivity contribution >= 4 is 23.2 Å². The number of benzene rings is 3. The number of nitrogens with one attached hydrogen (secondary N) is 2. The summed E-state index contributed by atoms with van der Waals surface area (Å²) < 4.78 is 5.25. The fraction of sp³-hybridized carbons (Fsp3) is 0.231. The van der Waals surface area contributed by atoms with E-state index in [1.54, 1.807) is 43.5 Å². The fourth-order valence-electron chi connectivity index (χ4n) is 3.20. The Hall–Kier alpha value is -3.60. The van der Waals surface area contributed by atoms with Crippen LogP contribution in [-0.2, 0) is 11.2 Å². The smallest absolute Gasteiger partial charge is 0.255 e. The first kappa shape index (κ1) is 22.1. The number of para-hydroxylation sites is 2. The van der Waals surface area contributed by atoms with E-state index in [0.29, 0.717) is 41.4 Å². The summed E-state index contributed by atoms with van der Waals surface area (Å²) in [5.41, 5.74) is 4.20. The molecule has 0 spiro atoms. The van der Waals surface area contributed by atoms with Crippen molar-refractivity contribution in [3.8, 4) is 5.75 Å². The standard InChI is InChI=1S/C26H28N2O3/c1-18(2)20-11-8-19(9-12-20)10-17-25(29)27-22-15-13-21(14-16-22)26(30)28-23-6-4-5-7-24(23)31-3/h4-9,11-16,18H,10,17H2,1-3H3,(H,27,29)(H,28,30). The molecule has 0 heterocycles. The average molecular weight is 417 g/mol. The molecular weight excluding hydrogens is 388 g/mol. The van der Waals surface area contributed by atoms with E-state index in [-0.39, 0.29) is 11.8 Å². The van der Waals surface area contributed by atoms with Gasteiger partial charge in [-0.3, -0.25) is 9.59 Å². The minimum absolute atomic E-state index is 0.0563. The Labute approximate surface area is 183 Å². The molecule has 160 valence electrons. The third-order valence-electron chi connectivity index (χ3n) is 5.07. The highest BCUT2D eigenvalue weighted by atomic mass is 16.5. The lowest BCUT2D eigenvalue weighted by Gasteiger charge is -2.10. The Morgan fingerprint density at radius 2 is 1.55 bits per heavy atom. The second-order valence-electron chi connectivity index (χ2n) is 7.68. The zero-order valence-electron chi connectivity index (χ0n) is 18.1. The van der Waals surface area contributed by atoms with Crippen molar-refractivity contribution < 1.29 is 14.3 Å². The van der Waals surface area contributed by atoms with Crippen LogP contribution in [0.25, 0.3) is 0 Å². The van der Waals surface area contributed by atoms with Crippen LogP contribution in [0.1, 0.15) is 47.7 Å². The normalized spacial score (nSPS) is 10.6. The summed E-state index contributed by atoms with van der Waals surface area (Å²) in [6, 6.07) is 22.5. The van der Waals surface area contributed by atoms with Gasteiger partial charge in [0.25, 0.3) is 5.91 Å². The summed E-state index contributed by atoms with van der Waals surface area (Å²) in [6.45, 7) is 4.33. The lowest BCUT2D eigenvalue weighted by molar-refractivity contribution is -0.116. The number of rotatable bonds is 8. The summed E-state index contributed by atoms with van der Waals surface area (Å²) in [5.74, 6) is 0.794. The third-order valence-corrected chi connectivity index (χ3v) is 5.07. The number of hydrogen-bond donors (Lipinski definition) is 2. The van der Waals surface area contributed by atoms with Gasteiger partial charge in [0, 0.05) is 17.7 Å². The number of carbonyl (C=O) groups excluding carboxylic acids is 2. The van der Waals surface area contributed by atoms with Crippen LogP contribution in [0.4, 0.5) is 11.4 Å². The van der Waals surface area contributed by atoms with Crippen molar-refractivity contribution in [1.29, 1.82) is 0 Å². The summed E-state index contributed by atoms with van der Waals surface area (Å²) in [6.07, 6.45) is 1.08. The zero-order valence-corrected chi connectivity index (χ0v) is 18.1. The lowest BCUT2D eigenvalue weighted by atomic mass is 10.0. The molecule has 3 aromatic carbocycles. The molecule has 5 heteroatoms. The molecule has 3 rings (SSSR count). The number of hydrogen-bond acceptors (Lipinski definition) is 3. The van der Waals surface area contributed by atoms with Crippen molar-refractivity contribution in [2.75, 3.05) is 17.7 Å². The first-order valence-electron chi connectivity index (χ1n) is 10.4. The minimum Gasteiger partial charge on any atom is -0.495 e. The lowest BCUT2D eigenvalue weighted by Crippen LogP contribution is -2.14. The van der Waals surface area contributed by atoms with Crippen molar-refractivity contribution in [2.45, 2.75) is 32.6 Å². The highest BCUT2D eigenvalue weighted by Gasteiger charge is 2.10. The third kappa shape index (κ3) is 6.19. The Bertz CT molecular complexity index is 1030. The van der Waals surface area contributed by atoms with Gasteiger partial charge in [0.15, 0.2) is 0 Å². The predicted molar refractivity (Wildman–Crippen MR) is 125 cm³/mol.